The number of morpholine rings is 1. The van der Waals surface area contributed by atoms with Crippen LogP contribution in [0.3, 0.4) is 0 Å². The van der Waals surface area contributed by atoms with Gasteiger partial charge in [-0.3, -0.25) is 4.90 Å². The summed E-state index contributed by atoms with van der Waals surface area (Å²) >= 11 is 0. The molecule has 2 aliphatic rings. The molecule has 18 heavy (non-hydrogen) atoms. The van der Waals surface area contributed by atoms with Crippen LogP contribution in [0.15, 0.2) is 0 Å². The van der Waals surface area contributed by atoms with Crippen LogP contribution >= 0.6 is 0 Å². The Morgan fingerprint density at radius 3 is 2.33 bits per heavy atom. The molecule has 0 aromatic rings. The first kappa shape index (κ1) is 14.2. The fourth-order valence-electron chi connectivity index (χ4n) is 2.61. The molecule has 0 atom stereocenters. The Morgan fingerprint density at radius 1 is 1.17 bits per heavy atom. The fraction of sp³-hybridized carbons (Fsp3) is 1.00. The monoisotopic (exact) mass is 277 g/mol. The smallest absolute Gasteiger partial charge is 0.279 e. The van der Waals surface area contributed by atoms with Gasteiger partial charge in [0.05, 0.1) is 13.2 Å². The highest BCUT2D eigenvalue weighted by Gasteiger charge is 2.27. The van der Waals surface area contributed by atoms with Crippen molar-refractivity contribution in [2.75, 3.05) is 53.0 Å². The summed E-state index contributed by atoms with van der Waals surface area (Å²) in [5.41, 5.74) is 0. The Kier molecular flexibility index (Phi) is 4.97. The maximum atomic E-state index is 11.6. The van der Waals surface area contributed by atoms with E-state index >= 15 is 0 Å². The van der Waals surface area contributed by atoms with Crippen LogP contribution in [0.4, 0.5) is 0 Å². The third-order valence-corrected chi connectivity index (χ3v) is 5.35. The third kappa shape index (κ3) is 3.64. The van der Waals surface area contributed by atoms with Crippen LogP contribution in [0.5, 0.6) is 0 Å². The number of rotatable bonds is 4. The predicted octanol–water partition coefficient (Wildman–Crippen LogP) is -0.505. The quantitative estimate of drug-likeness (QED) is 0.752. The van der Waals surface area contributed by atoms with Crippen LogP contribution in [0.1, 0.15) is 12.8 Å². The summed E-state index contributed by atoms with van der Waals surface area (Å²) in [6.07, 6.45) is 1.91. The third-order valence-electron chi connectivity index (χ3n) is 3.79. The van der Waals surface area contributed by atoms with Gasteiger partial charge in [0.25, 0.3) is 10.2 Å². The highest BCUT2D eigenvalue weighted by atomic mass is 32.2. The van der Waals surface area contributed by atoms with Crippen molar-refractivity contribution < 1.29 is 13.2 Å². The van der Waals surface area contributed by atoms with E-state index in [1.54, 1.807) is 4.31 Å². The van der Waals surface area contributed by atoms with Gasteiger partial charge < -0.3 is 4.74 Å². The summed E-state index contributed by atoms with van der Waals surface area (Å²) in [6, 6.07) is 0. The Morgan fingerprint density at radius 2 is 1.78 bits per heavy atom. The highest BCUT2D eigenvalue weighted by molar-refractivity contribution is 7.87. The lowest BCUT2D eigenvalue weighted by atomic mass is 9.97. The molecular formula is C11H23N3O3S. The first-order valence-corrected chi connectivity index (χ1v) is 8.04. The van der Waals surface area contributed by atoms with Crippen molar-refractivity contribution in [2.24, 2.45) is 5.92 Å². The van der Waals surface area contributed by atoms with Crippen LogP contribution < -0.4 is 4.72 Å². The SMILES string of the molecule is CNS(=O)(=O)N1CCC(CN2CCOCC2)CC1. The van der Waals surface area contributed by atoms with Gasteiger partial charge >= 0.3 is 0 Å². The van der Waals surface area contributed by atoms with Gasteiger partial charge in [-0.1, -0.05) is 0 Å². The van der Waals surface area contributed by atoms with Crippen molar-refractivity contribution in [1.29, 1.82) is 0 Å². The van der Waals surface area contributed by atoms with Gasteiger partial charge in [-0.05, 0) is 18.8 Å². The first-order chi connectivity index (χ1) is 8.62. The number of nitrogens with zero attached hydrogens (tertiary/aromatic N) is 2. The Hall–Kier alpha value is -0.210. The predicted molar refractivity (Wildman–Crippen MR) is 69.5 cm³/mol. The van der Waals surface area contributed by atoms with E-state index in [1.807, 2.05) is 0 Å². The lowest BCUT2D eigenvalue weighted by Crippen LogP contribution is -2.46. The molecule has 0 spiro atoms. The lowest BCUT2D eigenvalue weighted by Gasteiger charge is -2.35. The normalized spacial score (nSPS) is 25.4. The van der Waals surface area contributed by atoms with Gasteiger partial charge in [-0.15, -0.1) is 0 Å². The van der Waals surface area contributed by atoms with E-state index in [9.17, 15) is 8.42 Å². The maximum absolute atomic E-state index is 11.6. The maximum Gasteiger partial charge on any atom is 0.279 e. The average Bonchev–Trinajstić information content (AvgIpc) is 2.40. The fourth-order valence-corrected chi connectivity index (χ4v) is 3.56. The van der Waals surface area contributed by atoms with Crippen LogP contribution in [0.2, 0.25) is 0 Å². The summed E-state index contributed by atoms with van der Waals surface area (Å²) in [4.78, 5) is 2.43. The van der Waals surface area contributed by atoms with E-state index < -0.39 is 10.2 Å². The number of hydrogen-bond donors (Lipinski definition) is 1. The van der Waals surface area contributed by atoms with Crippen molar-refractivity contribution in [3.63, 3.8) is 0 Å². The molecule has 0 saturated carbocycles. The van der Waals surface area contributed by atoms with Gasteiger partial charge in [-0.2, -0.15) is 12.7 Å². The molecule has 2 rings (SSSR count). The van der Waals surface area contributed by atoms with Crippen molar-refractivity contribution in [3.8, 4) is 0 Å². The molecular weight excluding hydrogens is 254 g/mol. The minimum absolute atomic E-state index is 0.617. The van der Waals surface area contributed by atoms with Crippen molar-refractivity contribution in [1.82, 2.24) is 13.9 Å². The summed E-state index contributed by atoms with van der Waals surface area (Å²) in [7, 11) is -1.76. The van der Waals surface area contributed by atoms with Crippen LogP contribution in [-0.4, -0.2) is 70.6 Å². The molecule has 1 N–H and O–H groups in total. The topological polar surface area (TPSA) is 61.9 Å². The molecule has 0 unspecified atom stereocenters. The largest absolute Gasteiger partial charge is 0.379 e. The van der Waals surface area contributed by atoms with Crippen LogP contribution in [-0.2, 0) is 14.9 Å². The van der Waals surface area contributed by atoms with Gasteiger partial charge in [0.2, 0.25) is 0 Å². The molecule has 2 aliphatic heterocycles. The van der Waals surface area contributed by atoms with E-state index in [1.165, 1.54) is 7.05 Å². The zero-order valence-corrected chi connectivity index (χ0v) is 11.8. The number of nitrogens with one attached hydrogen (secondary N) is 1. The molecule has 2 fully saturated rings. The highest BCUT2D eigenvalue weighted by Crippen LogP contribution is 2.20. The second-order valence-electron chi connectivity index (χ2n) is 4.96. The Balaban J connectivity index is 1.76. The summed E-state index contributed by atoms with van der Waals surface area (Å²) in [6.45, 7) is 6.02. The molecule has 0 aromatic carbocycles. The second kappa shape index (κ2) is 6.29. The molecule has 7 heteroatoms. The minimum atomic E-state index is -3.23. The first-order valence-electron chi connectivity index (χ1n) is 6.60. The number of hydrogen-bond acceptors (Lipinski definition) is 4. The summed E-state index contributed by atoms with van der Waals surface area (Å²) in [5.74, 6) is 0.617. The molecule has 0 radical (unpaired) electrons. The second-order valence-corrected chi connectivity index (χ2v) is 6.84. The standard InChI is InChI=1S/C11H23N3O3S/c1-12-18(15,16)14-4-2-11(3-5-14)10-13-6-8-17-9-7-13/h11-12H,2-10H2,1H3. The van der Waals surface area contributed by atoms with E-state index in [0.717, 1.165) is 45.7 Å². The van der Waals surface area contributed by atoms with Gasteiger partial charge in [0.1, 0.15) is 0 Å². The molecule has 6 nitrogen and oxygen atoms in total. The van der Waals surface area contributed by atoms with E-state index in [2.05, 4.69) is 9.62 Å². The molecule has 106 valence electrons. The molecule has 2 heterocycles. The molecule has 2 saturated heterocycles. The number of ether oxygens (including phenoxy) is 1. The summed E-state index contributed by atoms with van der Waals surface area (Å²) < 4.78 is 32.5. The molecule has 0 aliphatic carbocycles. The van der Waals surface area contributed by atoms with Gasteiger partial charge in [-0.25, -0.2) is 4.72 Å². The van der Waals surface area contributed by atoms with Crippen LogP contribution in [0, 0.1) is 5.92 Å². The van der Waals surface area contributed by atoms with E-state index in [4.69, 9.17) is 4.74 Å². The van der Waals surface area contributed by atoms with E-state index in [-0.39, 0.29) is 0 Å². The molecule has 0 aromatic heterocycles. The van der Waals surface area contributed by atoms with E-state index in [0.29, 0.717) is 19.0 Å². The van der Waals surface area contributed by atoms with Gasteiger partial charge in [0.15, 0.2) is 0 Å². The number of piperidine rings is 1. The Bertz CT molecular complexity index is 347. The van der Waals surface area contributed by atoms with Gasteiger partial charge in [0, 0.05) is 39.8 Å². The average molecular weight is 277 g/mol. The zero-order valence-electron chi connectivity index (χ0n) is 11.0. The molecule has 0 bridgehead atoms. The Labute approximate surface area is 109 Å². The minimum Gasteiger partial charge on any atom is -0.379 e. The summed E-state index contributed by atoms with van der Waals surface area (Å²) in [5, 5.41) is 0. The van der Waals surface area contributed by atoms with Crippen molar-refractivity contribution >= 4 is 10.2 Å². The lowest BCUT2D eigenvalue weighted by molar-refractivity contribution is 0.0268. The van der Waals surface area contributed by atoms with Crippen LogP contribution in [0.25, 0.3) is 0 Å². The van der Waals surface area contributed by atoms with Crippen molar-refractivity contribution in [2.45, 2.75) is 12.8 Å². The zero-order chi connectivity index (χ0) is 13.0. The van der Waals surface area contributed by atoms with Crippen molar-refractivity contribution in [3.05, 3.63) is 0 Å². The molecule has 0 amide bonds.